The molecule has 0 aromatic carbocycles. The smallest absolute Gasteiger partial charge is 0.309 e. The standard InChI is InChI=1S/C20H25N5O3/c1-3-28-20(27)16-8-11-25(12-9-16)18-7-6-15(13-21-18)14-22-23-19(26)17-5-4-10-24(17)2/h4-7,10,13-14,16H,3,8-9,11-12H2,1-2H3,(H,23,26)/b22-14+. The Balaban J connectivity index is 1.51. The Bertz CT molecular complexity index is 836. The van der Waals surface area contributed by atoms with E-state index < -0.39 is 0 Å². The second-order valence-electron chi connectivity index (χ2n) is 6.67. The quantitative estimate of drug-likeness (QED) is 0.468. The van der Waals surface area contributed by atoms with Gasteiger partial charge in [0, 0.05) is 38.1 Å². The molecule has 1 amide bonds. The van der Waals surface area contributed by atoms with Crippen LogP contribution in [0, 0.1) is 5.92 Å². The second-order valence-corrected chi connectivity index (χ2v) is 6.67. The molecule has 0 bridgehead atoms. The van der Waals surface area contributed by atoms with Gasteiger partial charge in [-0.1, -0.05) is 0 Å². The Morgan fingerprint density at radius 2 is 2.11 bits per heavy atom. The number of piperidine rings is 1. The number of carbonyl (C=O) groups excluding carboxylic acids is 2. The van der Waals surface area contributed by atoms with E-state index in [-0.39, 0.29) is 17.8 Å². The summed E-state index contributed by atoms with van der Waals surface area (Å²) in [5.41, 5.74) is 3.83. The van der Waals surface area contributed by atoms with Crippen molar-refractivity contribution in [3.05, 3.63) is 47.9 Å². The number of amides is 1. The summed E-state index contributed by atoms with van der Waals surface area (Å²) in [6, 6.07) is 7.35. The van der Waals surface area contributed by atoms with Crippen LogP contribution in [0.1, 0.15) is 35.8 Å². The van der Waals surface area contributed by atoms with Gasteiger partial charge in [0.05, 0.1) is 18.7 Å². The number of hydrazone groups is 1. The molecule has 3 rings (SSSR count). The molecule has 0 atom stereocenters. The van der Waals surface area contributed by atoms with Crippen molar-refractivity contribution < 1.29 is 14.3 Å². The highest BCUT2D eigenvalue weighted by Gasteiger charge is 2.26. The van der Waals surface area contributed by atoms with Crippen LogP contribution in [-0.4, -0.2) is 47.3 Å². The molecule has 2 aromatic heterocycles. The monoisotopic (exact) mass is 383 g/mol. The SMILES string of the molecule is CCOC(=O)C1CCN(c2ccc(/C=N/NC(=O)c3cccn3C)cn2)CC1. The Morgan fingerprint density at radius 3 is 2.71 bits per heavy atom. The highest BCUT2D eigenvalue weighted by molar-refractivity contribution is 5.93. The van der Waals surface area contributed by atoms with Gasteiger partial charge in [-0.2, -0.15) is 5.10 Å². The summed E-state index contributed by atoms with van der Waals surface area (Å²) in [6.45, 7) is 3.80. The number of carbonyl (C=O) groups is 2. The van der Waals surface area contributed by atoms with E-state index >= 15 is 0 Å². The van der Waals surface area contributed by atoms with Crippen molar-refractivity contribution in [3.8, 4) is 0 Å². The number of hydrogen-bond acceptors (Lipinski definition) is 6. The predicted octanol–water partition coefficient (Wildman–Crippen LogP) is 1.96. The molecule has 148 valence electrons. The third-order valence-corrected chi connectivity index (χ3v) is 4.77. The van der Waals surface area contributed by atoms with E-state index in [1.807, 2.05) is 19.1 Å². The van der Waals surface area contributed by atoms with Gasteiger partial charge < -0.3 is 14.2 Å². The largest absolute Gasteiger partial charge is 0.466 e. The first-order chi connectivity index (χ1) is 13.6. The minimum Gasteiger partial charge on any atom is -0.466 e. The molecule has 1 N–H and O–H groups in total. The van der Waals surface area contributed by atoms with Crippen LogP contribution in [-0.2, 0) is 16.6 Å². The third-order valence-electron chi connectivity index (χ3n) is 4.77. The van der Waals surface area contributed by atoms with Gasteiger partial charge in [0.15, 0.2) is 0 Å². The van der Waals surface area contributed by atoms with Gasteiger partial charge in [-0.25, -0.2) is 10.4 Å². The van der Waals surface area contributed by atoms with E-state index in [1.54, 1.807) is 42.4 Å². The Hall–Kier alpha value is -3.16. The molecule has 1 saturated heterocycles. The lowest BCUT2D eigenvalue weighted by molar-refractivity contribution is -0.148. The van der Waals surface area contributed by atoms with Crippen molar-refractivity contribution in [1.29, 1.82) is 0 Å². The van der Waals surface area contributed by atoms with Gasteiger partial charge in [0.25, 0.3) is 5.91 Å². The molecule has 8 nitrogen and oxygen atoms in total. The molecule has 2 aromatic rings. The number of aromatic nitrogens is 2. The summed E-state index contributed by atoms with van der Waals surface area (Å²) < 4.78 is 6.83. The number of aryl methyl sites for hydroxylation is 1. The summed E-state index contributed by atoms with van der Waals surface area (Å²) in [4.78, 5) is 30.5. The molecule has 3 heterocycles. The van der Waals surface area contributed by atoms with Gasteiger partial charge in [-0.05, 0) is 44.0 Å². The average molecular weight is 383 g/mol. The van der Waals surface area contributed by atoms with Crippen LogP contribution in [0.15, 0.2) is 41.8 Å². The van der Waals surface area contributed by atoms with Crippen molar-refractivity contribution in [2.75, 3.05) is 24.6 Å². The zero-order valence-electron chi connectivity index (χ0n) is 16.2. The number of anilines is 1. The number of nitrogens with one attached hydrogen (secondary N) is 1. The molecule has 1 aliphatic rings. The molecule has 0 saturated carbocycles. The zero-order chi connectivity index (χ0) is 19.9. The van der Waals surface area contributed by atoms with Crippen molar-refractivity contribution in [3.63, 3.8) is 0 Å². The van der Waals surface area contributed by atoms with Gasteiger partial charge in [-0.3, -0.25) is 9.59 Å². The number of pyridine rings is 1. The third kappa shape index (κ3) is 4.76. The molecular weight excluding hydrogens is 358 g/mol. The van der Waals surface area contributed by atoms with E-state index in [0.29, 0.717) is 12.3 Å². The number of rotatable bonds is 6. The number of ether oxygens (including phenoxy) is 1. The zero-order valence-corrected chi connectivity index (χ0v) is 16.2. The summed E-state index contributed by atoms with van der Waals surface area (Å²) in [5, 5.41) is 3.98. The Labute approximate surface area is 164 Å². The first-order valence-electron chi connectivity index (χ1n) is 9.41. The van der Waals surface area contributed by atoms with Crippen molar-refractivity contribution in [2.45, 2.75) is 19.8 Å². The van der Waals surface area contributed by atoms with Crippen LogP contribution < -0.4 is 10.3 Å². The maximum absolute atomic E-state index is 12.0. The van der Waals surface area contributed by atoms with Gasteiger partial charge in [0.1, 0.15) is 11.5 Å². The van der Waals surface area contributed by atoms with Crippen LogP contribution in [0.5, 0.6) is 0 Å². The van der Waals surface area contributed by atoms with Crippen LogP contribution in [0.3, 0.4) is 0 Å². The summed E-state index contributed by atoms with van der Waals surface area (Å²) in [6.07, 6.45) is 6.62. The Kier molecular flexibility index (Phi) is 6.41. The maximum Gasteiger partial charge on any atom is 0.309 e. The average Bonchev–Trinajstić information content (AvgIpc) is 3.15. The van der Waals surface area contributed by atoms with Gasteiger partial charge >= 0.3 is 5.97 Å². The topological polar surface area (TPSA) is 88.8 Å². The van der Waals surface area contributed by atoms with Gasteiger partial charge in [-0.15, -0.1) is 0 Å². The highest BCUT2D eigenvalue weighted by atomic mass is 16.5. The van der Waals surface area contributed by atoms with Crippen LogP contribution in [0.2, 0.25) is 0 Å². The summed E-state index contributed by atoms with van der Waals surface area (Å²) in [5.74, 6) is 0.486. The van der Waals surface area contributed by atoms with E-state index in [4.69, 9.17) is 4.74 Å². The fourth-order valence-electron chi connectivity index (χ4n) is 3.19. The Morgan fingerprint density at radius 1 is 1.32 bits per heavy atom. The predicted molar refractivity (Wildman–Crippen MR) is 106 cm³/mol. The molecular formula is C20H25N5O3. The van der Waals surface area contributed by atoms with E-state index in [1.165, 1.54) is 0 Å². The molecule has 0 spiro atoms. The van der Waals surface area contributed by atoms with Crippen LogP contribution in [0.25, 0.3) is 0 Å². The lowest BCUT2D eigenvalue weighted by Crippen LogP contribution is -2.37. The van der Waals surface area contributed by atoms with E-state index in [9.17, 15) is 9.59 Å². The molecule has 1 aliphatic heterocycles. The molecule has 0 unspecified atom stereocenters. The minimum absolute atomic E-state index is 0.0181. The fourth-order valence-corrected chi connectivity index (χ4v) is 3.19. The second kappa shape index (κ2) is 9.16. The minimum atomic E-state index is -0.266. The molecule has 28 heavy (non-hydrogen) atoms. The van der Waals surface area contributed by atoms with Crippen LogP contribution in [0.4, 0.5) is 5.82 Å². The lowest BCUT2D eigenvalue weighted by Gasteiger charge is -2.31. The first kappa shape index (κ1) is 19.6. The maximum atomic E-state index is 12.0. The first-order valence-corrected chi connectivity index (χ1v) is 9.41. The molecule has 0 radical (unpaired) electrons. The van der Waals surface area contributed by atoms with Crippen LogP contribution >= 0.6 is 0 Å². The summed E-state index contributed by atoms with van der Waals surface area (Å²) >= 11 is 0. The fraction of sp³-hybridized carbons (Fsp3) is 0.400. The number of nitrogens with zero attached hydrogens (tertiary/aromatic N) is 4. The van der Waals surface area contributed by atoms with Crippen molar-refractivity contribution >= 4 is 23.9 Å². The van der Waals surface area contributed by atoms with E-state index in [2.05, 4.69) is 20.4 Å². The lowest BCUT2D eigenvalue weighted by atomic mass is 9.97. The number of hydrogen-bond donors (Lipinski definition) is 1. The highest BCUT2D eigenvalue weighted by Crippen LogP contribution is 2.22. The van der Waals surface area contributed by atoms with Crippen molar-refractivity contribution in [2.24, 2.45) is 18.1 Å². The molecule has 0 aliphatic carbocycles. The van der Waals surface area contributed by atoms with E-state index in [0.717, 1.165) is 37.3 Å². The normalized spacial score (nSPS) is 15.0. The number of esters is 1. The molecule has 1 fully saturated rings. The van der Waals surface area contributed by atoms with Crippen molar-refractivity contribution in [1.82, 2.24) is 15.0 Å². The van der Waals surface area contributed by atoms with Gasteiger partial charge in [0.2, 0.25) is 0 Å². The molecule has 8 heteroatoms. The summed E-state index contributed by atoms with van der Waals surface area (Å²) in [7, 11) is 1.80.